The van der Waals surface area contributed by atoms with Gasteiger partial charge in [0.05, 0.1) is 19.8 Å². The topological polar surface area (TPSA) is 44.8 Å². The third-order valence-corrected chi connectivity index (χ3v) is 3.25. The molecule has 0 saturated carbocycles. The van der Waals surface area contributed by atoms with E-state index < -0.39 is 11.6 Å². The van der Waals surface area contributed by atoms with E-state index in [4.69, 9.17) is 25.8 Å². The Kier molecular flexibility index (Phi) is 4.80. The molecule has 0 aromatic heterocycles. The largest absolute Gasteiger partial charge is 0.464 e. The molecule has 4 nitrogen and oxygen atoms in total. The fraction of sp³-hybridized carbons (Fsp3) is 0.500. The zero-order chi connectivity index (χ0) is 13.7. The zero-order valence-corrected chi connectivity index (χ0v) is 11.6. The van der Waals surface area contributed by atoms with E-state index in [1.807, 2.05) is 30.3 Å². The van der Waals surface area contributed by atoms with Gasteiger partial charge in [0.2, 0.25) is 5.60 Å². The Morgan fingerprint density at radius 2 is 2.21 bits per heavy atom. The van der Waals surface area contributed by atoms with E-state index in [-0.39, 0.29) is 6.10 Å². The molecule has 1 aliphatic heterocycles. The molecule has 1 aromatic rings. The number of halogens is 1. The second kappa shape index (κ2) is 6.37. The van der Waals surface area contributed by atoms with Crippen LogP contribution in [0.5, 0.6) is 0 Å². The van der Waals surface area contributed by atoms with Crippen LogP contribution in [-0.2, 0) is 24.6 Å². The number of hydrogen-bond acceptors (Lipinski definition) is 4. The summed E-state index contributed by atoms with van der Waals surface area (Å²) in [5.41, 5.74) is -0.400. The summed E-state index contributed by atoms with van der Waals surface area (Å²) in [6.45, 7) is 2.82. The van der Waals surface area contributed by atoms with Crippen molar-refractivity contribution < 1.29 is 19.0 Å². The van der Waals surface area contributed by atoms with Crippen LogP contribution >= 0.6 is 11.6 Å². The van der Waals surface area contributed by atoms with Gasteiger partial charge in [-0.2, -0.15) is 0 Å². The molecule has 1 aliphatic rings. The van der Waals surface area contributed by atoms with Crippen LogP contribution in [0, 0.1) is 0 Å². The summed E-state index contributed by atoms with van der Waals surface area (Å²) in [7, 11) is 0. The summed E-state index contributed by atoms with van der Waals surface area (Å²) < 4.78 is 16.3. The van der Waals surface area contributed by atoms with E-state index in [1.54, 1.807) is 6.92 Å². The van der Waals surface area contributed by atoms with Crippen molar-refractivity contribution in [2.75, 3.05) is 25.7 Å². The summed E-state index contributed by atoms with van der Waals surface area (Å²) in [4.78, 5) is 12.3. The Hall–Kier alpha value is -1.10. The Morgan fingerprint density at radius 1 is 1.47 bits per heavy atom. The molecule has 2 atom stereocenters. The van der Waals surface area contributed by atoms with Crippen molar-refractivity contribution >= 4 is 17.6 Å². The number of benzene rings is 1. The van der Waals surface area contributed by atoms with Crippen molar-refractivity contribution in [2.24, 2.45) is 0 Å². The molecule has 1 heterocycles. The molecule has 1 aromatic carbocycles. The van der Waals surface area contributed by atoms with E-state index in [9.17, 15) is 4.79 Å². The summed E-state index contributed by atoms with van der Waals surface area (Å²) in [6.07, 6.45) is -0.354. The van der Waals surface area contributed by atoms with Gasteiger partial charge in [-0.05, 0) is 12.5 Å². The van der Waals surface area contributed by atoms with Crippen LogP contribution in [0.4, 0.5) is 0 Å². The summed E-state index contributed by atoms with van der Waals surface area (Å²) >= 11 is 5.62. The molecule has 0 bridgehead atoms. The van der Waals surface area contributed by atoms with Crippen molar-refractivity contribution in [1.29, 1.82) is 0 Å². The average Bonchev–Trinajstić information content (AvgIpc) is 2.40. The molecule has 0 unspecified atom stereocenters. The molecule has 0 aliphatic carbocycles. The van der Waals surface area contributed by atoms with Gasteiger partial charge in [-0.25, -0.2) is 4.79 Å². The molecule has 0 amide bonds. The lowest BCUT2D eigenvalue weighted by Gasteiger charge is -2.46. The summed E-state index contributed by atoms with van der Waals surface area (Å²) in [6, 6.07) is 9.28. The van der Waals surface area contributed by atoms with E-state index in [2.05, 4.69) is 0 Å². The first-order valence-corrected chi connectivity index (χ1v) is 6.83. The van der Waals surface area contributed by atoms with Crippen LogP contribution in [-0.4, -0.2) is 37.8 Å². The first-order chi connectivity index (χ1) is 9.25. The lowest BCUT2D eigenvalue weighted by molar-refractivity contribution is -0.265. The minimum Gasteiger partial charge on any atom is -0.464 e. The van der Waals surface area contributed by atoms with Crippen LogP contribution in [0.15, 0.2) is 30.3 Å². The predicted molar refractivity (Wildman–Crippen MR) is 71.2 cm³/mol. The predicted octanol–water partition coefficient (Wildman–Crippen LogP) is 2.10. The van der Waals surface area contributed by atoms with Crippen molar-refractivity contribution in [1.82, 2.24) is 0 Å². The van der Waals surface area contributed by atoms with Gasteiger partial charge in [-0.1, -0.05) is 30.3 Å². The lowest BCUT2D eigenvalue weighted by atomic mass is 9.83. The van der Waals surface area contributed by atoms with E-state index in [1.165, 1.54) is 0 Å². The maximum atomic E-state index is 12.3. The van der Waals surface area contributed by atoms with Crippen molar-refractivity contribution in [3.8, 4) is 0 Å². The second-order valence-electron chi connectivity index (χ2n) is 4.18. The Balaban J connectivity index is 2.26. The quantitative estimate of drug-likeness (QED) is 0.593. The van der Waals surface area contributed by atoms with Gasteiger partial charge in [-0.3, -0.25) is 0 Å². The van der Waals surface area contributed by atoms with Gasteiger partial charge < -0.3 is 14.2 Å². The number of ether oxygens (including phenoxy) is 3. The second-order valence-corrected chi connectivity index (χ2v) is 4.56. The minimum absolute atomic E-state index is 0.305. The third-order valence-electron chi connectivity index (χ3n) is 3.09. The molecular formula is C14H17ClO4. The van der Waals surface area contributed by atoms with E-state index >= 15 is 0 Å². The smallest absolute Gasteiger partial charge is 0.345 e. The normalized spacial score (nSPS) is 25.7. The van der Waals surface area contributed by atoms with Gasteiger partial charge in [-0.15, -0.1) is 11.6 Å². The highest BCUT2D eigenvalue weighted by Gasteiger charge is 2.58. The SMILES string of the molecule is CCOC(=O)[C@]1(c2ccccc2)OC[C@@H]1OCCCl. The highest BCUT2D eigenvalue weighted by Crippen LogP contribution is 2.40. The lowest BCUT2D eigenvalue weighted by Crippen LogP contribution is -2.62. The van der Waals surface area contributed by atoms with Crippen LogP contribution in [0.3, 0.4) is 0 Å². The van der Waals surface area contributed by atoms with Crippen molar-refractivity contribution in [2.45, 2.75) is 18.6 Å². The first-order valence-electron chi connectivity index (χ1n) is 6.30. The molecule has 19 heavy (non-hydrogen) atoms. The van der Waals surface area contributed by atoms with Crippen LogP contribution in [0.2, 0.25) is 0 Å². The van der Waals surface area contributed by atoms with E-state index in [0.717, 1.165) is 5.56 Å². The van der Waals surface area contributed by atoms with Gasteiger partial charge in [0.25, 0.3) is 0 Å². The van der Waals surface area contributed by atoms with Crippen LogP contribution in [0.25, 0.3) is 0 Å². The number of carbonyl (C=O) groups is 1. The number of hydrogen-bond donors (Lipinski definition) is 0. The standard InChI is InChI=1S/C14H17ClO4/c1-2-17-13(16)14(11-6-4-3-5-7-11)12(10-19-14)18-9-8-15/h3-7,12H,2,8-10H2,1H3/t12-,14+/m0/s1. The fourth-order valence-electron chi connectivity index (χ4n) is 2.17. The number of esters is 1. The Morgan fingerprint density at radius 3 is 2.74 bits per heavy atom. The maximum Gasteiger partial charge on any atom is 0.345 e. The summed E-state index contributed by atoms with van der Waals surface area (Å²) in [5, 5.41) is 0. The van der Waals surface area contributed by atoms with E-state index in [0.29, 0.717) is 25.7 Å². The average molecular weight is 285 g/mol. The molecule has 2 rings (SSSR count). The molecule has 1 saturated heterocycles. The maximum absolute atomic E-state index is 12.3. The Labute approximate surface area is 117 Å². The molecule has 0 N–H and O–H groups in total. The van der Waals surface area contributed by atoms with Gasteiger partial charge >= 0.3 is 5.97 Å². The monoisotopic (exact) mass is 284 g/mol. The molecule has 104 valence electrons. The highest BCUT2D eigenvalue weighted by molar-refractivity contribution is 6.17. The van der Waals surface area contributed by atoms with Crippen molar-refractivity contribution in [3.05, 3.63) is 35.9 Å². The molecular weight excluding hydrogens is 268 g/mol. The fourth-order valence-corrected chi connectivity index (χ4v) is 2.26. The van der Waals surface area contributed by atoms with Crippen molar-refractivity contribution in [3.63, 3.8) is 0 Å². The van der Waals surface area contributed by atoms with Gasteiger partial charge in [0, 0.05) is 5.88 Å². The van der Waals surface area contributed by atoms with Crippen LogP contribution < -0.4 is 0 Å². The first kappa shape index (κ1) is 14.3. The molecule has 1 fully saturated rings. The summed E-state index contributed by atoms with van der Waals surface area (Å²) in [5.74, 6) is -0.0310. The third kappa shape index (κ3) is 2.61. The minimum atomic E-state index is -1.15. The molecule has 5 heteroatoms. The Bertz CT molecular complexity index is 423. The molecule has 0 spiro atoms. The number of carbonyl (C=O) groups excluding carboxylic acids is 1. The number of rotatable bonds is 6. The highest BCUT2D eigenvalue weighted by atomic mass is 35.5. The van der Waals surface area contributed by atoms with Crippen LogP contribution in [0.1, 0.15) is 12.5 Å². The molecule has 0 radical (unpaired) electrons. The van der Waals surface area contributed by atoms with Gasteiger partial charge in [0.15, 0.2) is 0 Å². The van der Waals surface area contributed by atoms with Gasteiger partial charge in [0.1, 0.15) is 6.10 Å². The zero-order valence-electron chi connectivity index (χ0n) is 10.8. The number of alkyl halides is 1.